The summed E-state index contributed by atoms with van der Waals surface area (Å²) in [6.45, 7) is 0.284. The smallest absolute Gasteiger partial charge is 0.235 e. The predicted molar refractivity (Wildman–Crippen MR) is 88.2 cm³/mol. The van der Waals surface area contributed by atoms with Crippen molar-refractivity contribution >= 4 is 32.2 Å². The molecule has 0 saturated carbocycles. The number of hydrogen-bond acceptors (Lipinski definition) is 7. The highest BCUT2D eigenvalue weighted by atomic mass is 79.9. The summed E-state index contributed by atoms with van der Waals surface area (Å²) in [6, 6.07) is 7.61. The Morgan fingerprint density at radius 2 is 2.00 bits per heavy atom. The Balaban J connectivity index is 1.58. The molecule has 0 aliphatic rings. The van der Waals surface area contributed by atoms with Crippen molar-refractivity contribution in [2.24, 2.45) is 0 Å². The fraction of sp³-hybridized carbons (Fsp3) is 0.0714. The zero-order chi connectivity index (χ0) is 15.6. The van der Waals surface area contributed by atoms with Gasteiger partial charge in [0.2, 0.25) is 4.96 Å². The zero-order valence-electron chi connectivity index (χ0n) is 11.6. The number of hydrogen-bond donors (Lipinski definition) is 0. The molecule has 0 amide bonds. The van der Waals surface area contributed by atoms with Gasteiger partial charge in [0.25, 0.3) is 0 Å². The highest BCUT2D eigenvalue weighted by Crippen LogP contribution is 2.23. The van der Waals surface area contributed by atoms with Gasteiger partial charge in [0.1, 0.15) is 18.1 Å². The number of nitrogens with zero attached hydrogens (tertiary/aromatic N) is 6. The van der Waals surface area contributed by atoms with Crippen LogP contribution in [0.1, 0.15) is 5.82 Å². The second-order valence-electron chi connectivity index (χ2n) is 4.55. The van der Waals surface area contributed by atoms with Gasteiger partial charge in [-0.05, 0) is 24.3 Å². The lowest BCUT2D eigenvalue weighted by molar-refractivity contribution is 0.293. The minimum atomic E-state index is 0.284. The minimum Gasteiger partial charge on any atom is -0.486 e. The highest BCUT2D eigenvalue weighted by Gasteiger charge is 2.14. The minimum absolute atomic E-state index is 0.284. The molecule has 9 heteroatoms. The van der Waals surface area contributed by atoms with E-state index in [4.69, 9.17) is 4.74 Å². The van der Waals surface area contributed by atoms with Gasteiger partial charge >= 0.3 is 0 Å². The molecule has 3 aromatic heterocycles. The summed E-state index contributed by atoms with van der Waals surface area (Å²) in [6.07, 6.45) is 4.93. The fourth-order valence-corrected chi connectivity index (χ4v) is 3.02. The third-order valence-corrected chi connectivity index (χ3v) is 4.47. The number of ether oxygens (including phenoxy) is 1. The molecule has 0 aliphatic carbocycles. The van der Waals surface area contributed by atoms with Crippen LogP contribution in [0, 0.1) is 0 Å². The third kappa shape index (κ3) is 2.92. The maximum Gasteiger partial charge on any atom is 0.235 e. The van der Waals surface area contributed by atoms with Crippen LogP contribution in [0.4, 0.5) is 0 Å². The van der Waals surface area contributed by atoms with Crippen molar-refractivity contribution in [1.82, 2.24) is 29.8 Å². The van der Waals surface area contributed by atoms with Gasteiger partial charge in [-0.3, -0.25) is 9.97 Å². The molecule has 4 rings (SSSR count). The van der Waals surface area contributed by atoms with Gasteiger partial charge < -0.3 is 4.74 Å². The zero-order valence-corrected chi connectivity index (χ0v) is 14.0. The Bertz CT molecular complexity index is 937. The maximum atomic E-state index is 5.72. The second-order valence-corrected chi connectivity index (χ2v) is 6.42. The molecule has 0 bridgehead atoms. The van der Waals surface area contributed by atoms with E-state index in [9.17, 15) is 0 Å². The van der Waals surface area contributed by atoms with Crippen LogP contribution < -0.4 is 4.74 Å². The average Bonchev–Trinajstić information content (AvgIpc) is 3.16. The van der Waals surface area contributed by atoms with Crippen molar-refractivity contribution < 1.29 is 4.74 Å². The summed E-state index contributed by atoms with van der Waals surface area (Å²) in [5, 5.41) is 13.5. The Kier molecular flexibility index (Phi) is 3.72. The van der Waals surface area contributed by atoms with Gasteiger partial charge in [-0.2, -0.15) is 9.61 Å². The van der Waals surface area contributed by atoms with Crippen molar-refractivity contribution in [2.75, 3.05) is 0 Å². The van der Waals surface area contributed by atoms with E-state index in [-0.39, 0.29) is 6.61 Å². The number of rotatable bonds is 4. The first-order chi connectivity index (χ1) is 11.3. The standard InChI is InChI=1S/C14H9BrN6OS/c15-9-1-3-10(4-2-9)22-8-12-18-19-14-21(12)20-13(23-14)11-7-16-5-6-17-11/h1-7H,8H2. The topological polar surface area (TPSA) is 78.1 Å². The SMILES string of the molecule is Brc1ccc(OCc2nnc3sc(-c4cnccn4)nn23)cc1. The predicted octanol–water partition coefficient (Wildman–Crippen LogP) is 2.98. The quantitative estimate of drug-likeness (QED) is 0.534. The Morgan fingerprint density at radius 3 is 2.78 bits per heavy atom. The normalized spacial score (nSPS) is 11.0. The van der Waals surface area contributed by atoms with Crippen molar-refractivity contribution in [3.8, 4) is 16.5 Å². The lowest BCUT2D eigenvalue weighted by Crippen LogP contribution is -2.02. The lowest BCUT2D eigenvalue weighted by Gasteiger charge is -2.03. The van der Waals surface area contributed by atoms with Crippen LogP contribution in [0.3, 0.4) is 0 Å². The van der Waals surface area contributed by atoms with Crippen LogP contribution in [-0.2, 0) is 6.61 Å². The molecule has 23 heavy (non-hydrogen) atoms. The van der Waals surface area contributed by atoms with Gasteiger partial charge in [0.15, 0.2) is 10.8 Å². The van der Waals surface area contributed by atoms with E-state index < -0.39 is 0 Å². The van der Waals surface area contributed by atoms with Crippen molar-refractivity contribution in [2.45, 2.75) is 6.61 Å². The molecule has 3 heterocycles. The number of fused-ring (bicyclic) bond motifs is 1. The molecule has 0 spiro atoms. The maximum absolute atomic E-state index is 5.72. The molecule has 0 aliphatic heterocycles. The van der Waals surface area contributed by atoms with Crippen LogP contribution >= 0.6 is 27.3 Å². The van der Waals surface area contributed by atoms with Gasteiger partial charge in [-0.25, -0.2) is 0 Å². The largest absolute Gasteiger partial charge is 0.486 e. The molecule has 1 aromatic carbocycles. The number of halogens is 1. The van der Waals surface area contributed by atoms with Crippen molar-refractivity contribution in [1.29, 1.82) is 0 Å². The van der Waals surface area contributed by atoms with Crippen LogP contribution in [0.5, 0.6) is 5.75 Å². The van der Waals surface area contributed by atoms with E-state index in [1.54, 1.807) is 23.1 Å². The third-order valence-electron chi connectivity index (χ3n) is 3.02. The van der Waals surface area contributed by atoms with Gasteiger partial charge in [-0.15, -0.1) is 10.2 Å². The van der Waals surface area contributed by atoms with Gasteiger partial charge in [-0.1, -0.05) is 27.3 Å². The van der Waals surface area contributed by atoms with Crippen LogP contribution in [0.15, 0.2) is 47.3 Å². The van der Waals surface area contributed by atoms with Crippen molar-refractivity contribution in [3.05, 3.63) is 53.2 Å². The first kappa shape index (κ1) is 14.2. The van der Waals surface area contributed by atoms with E-state index >= 15 is 0 Å². The first-order valence-corrected chi connectivity index (χ1v) is 8.26. The molecular weight excluding hydrogens is 380 g/mol. The summed E-state index contributed by atoms with van der Waals surface area (Å²) < 4.78 is 8.40. The summed E-state index contributed by atoms with van der Waals surface area (Å²) >= 11 is 4.80. The molecular formula is C14H9BrN6OS. The van der Waals surface area contributed by atoms with E-state index in [2.05, 4.69) is 41.2 Å². The van der Waals surface area contributed by atoms with E-state index in [1.807, 2.05) is 24.3 Å². The molecule has 114 valence electrons. The molecule has 0 radical (unpaired) electrons. The van der Waals surface area contributed by atoms with Crippen LogP contribution in [0.25, 0.3) is 15.7 Å². The summed E-state index contributed by atoms with van der Waals surface area (Å²) in [5.41, 5.74) is 0.711. The Morgan fingerprint density at radius 1 is 1.13 bits per heavy atom. The van der Waals surface area contributed by atoms with Crippen molar-refractivity contribution in [3.63, 3.8) is 0 Å². The number of aromatic nitrogens is 6. The number of benzene rings is 1. The second kappa shape index (κ2) is 6.01. The van der Waals surface area contributed by atoms with Gasteiger partial charge in [0, 0.05) is 16.9 Å². The molecule has 7 nitrogen and oxygen atoms in total. The van der Waals surface area contributed by atoms with Crippen LogP contribution in [-0.4, -0.2) is 29.8 Å². The van der Waals surface area contributed by atoms with E-state index in [1.165, 1.54) is 11.3 Å². The molecule has 0 fully saturated rings. The summed E-state index contributed by atoms with van der Waals surface area (Å²) in [5.74, 6) is 1.39. The molecule has 4 aromatic rings. The molecule has 0 N–H and O–H groups in total. The molecule has 0 atom stereocenters. The summed E-state index contributed by atoms with van der Waals surface area (Å²) in [7, 11) is 0. The highest BCUT2D eigenvalue weighted by molar-refractivity contribution is 9.10. The first-order valence-electron chi connectivity index (χ1n) is 6.65. The Labute approximate surface area is 143 Å². The van der Waals surface area contributed by atoms with Gasteiger partial charge in [0.05, 0.1) is 6.20 Å². The van der Waals surface area contributed by atoms with E-state index in [0.717, 1.165) is 15.2 Å². The molecule has 0 unspecified atom stereocenters. The Hall–Kier alpha value is -2.39. The average molecular weight is 389 g/mol. The lowest BCUT2D eigenvalue weighted by atomic mass is 10.3. The molecule has 0 saturated heterocycles. The summed E-state index contributed by atoms with van der Waals surface area (Å²) in [4.78, 5) is 8.99. The van der Waals surface area contributed by atoms with E-state index in [0.29, 0.717) is 16.5 Å². The van der Waals surface area contributed by atoms with Crippen LogP contribution in [0.2, 0.25) is 0 Å². The monoisotopic (exact) mass is 388 g/mol. The fourth-order valence-electron chi connectivity index (χ4n) is 1.94.